The summed E-state index contributed by atoms with van der Waals surface area (Å²) < 4.78 is 5.11. The van der Waals surface area contributed by atoms with Gasteiger partial charge in [0.1, 0.15) is 5.75 Å². The number of carbonyl (C=O) groups excluding carboxylic acids is 1. The molecule has 5 nitrogen and oxygen atoms in total. The van der Waals surface area contributed by atoms with Crippen molar-refractivity contribution in [1.29, 1.82) is 0 Å². The van der Waals surface area contributed by atoms with E-state index >= 15 is 0 Å². The number of hydrogen-bond donors (Lipinski definition) is 1. The lowest BCUT2D eigenvalue weighted by Gasteiger charge is -2.34. The minimum Gasteiger partial charge on any atom is -0.495 e. The molecule has 0 bridgehead atoms. The van der Waals surface area contributed by atoms with Crippen LogP contribution in [0, 0.1) is 0 Å². The van der Waals surface area contributed by atoms with Crippen molar-refractivity contribution in [2.45, 2.75) is 12.5 Å². The van der Waals surface area contributed by atoms with Crippen molar-refractivity contribution in [2.24, 2.45) is 0 Å². The molecule has 1 saturated heterocycles. The van der Waals surface area contributed by atoms with Gasteiger partial charge >= 0.3 is 5.97 Å². The first-order valence-corrected chi connectivity index (χ1v) is 8.00. The third-order valence-corrected chi connectivity index (χ3v) is 4.70. The van der Waals surface area contributed by atoms with Gasteiger partial charge in [-0.2, -0.15) is 11.8 Å². The molecule has 0 spiro atoms. The van der Waals surface area contributed by atoms with Crippen molar-refractivity contribution in [3.05, 3.63) is 28.8 Å². The predicted octanol–water partition coefficient (Wildman–Crippen LogP) is 2.38. The lowest BCUT2D eigenvalue weighted by Crippen LogP contribution is -2.47. The Morgan fingerprint density at radius 1 is 1.52 bits per heavy atom. The predicted molar refractivity (Wildman–Crippen MR) is 82.4 cm³/mol. The van der Waals surface area contributed by atoms with Crippen LogP contribution in [0.5, 0.6) is 5.75 Å². The second-order valence-electron chi connectivity index (χ2n) is 4.67. The normalized spacial score (nSPS) is 18.4. The number of halogens is 1. The van der Waals surface area contributed by atoms with Crippen LogP contribution in [0.15, 0.2) is 18.2 Å². The summed E-state index contributed by atoms with van der Waals surface area (Å²) >= 11 is 7.62. The maximum Gasteiger partial charge on any atom is 0.305 e. The Kier molecular flexibility index (Phi) is 5.36. The third kappa shape index (κ3) is 3.83. The number of benzene rings is 1. The van der Waals surface area contributed by atoms with Crippen molar-refractivity contribution in [3.8, 4) is 5.75 Å². The van der Waals surface area contributed by atoms with E-state index in [0.717, 1.165) is 5.75 Å². The molecular formula is C14H16ClNO4S. The standard InChI is InChI=1S/C14H16ClNO4S/c1-20-12-6-9(2-3-11(12)15)14(19)16-4-5-21-8-10(16)7-13(17)18/h2-3,6,10H,4-5,7-8H2,1H3,(H,17,18)/t10-/m0/s1. The van der Waals surface area contributed by atoms with Crippen molar-refractivity contribution < 1.29 is 19.4 Å². The number of carboxylic acid groups (broad SMARTS) is 1. The second-order valence-corrected chi connectivity index (χ2v) is 6.23. The fraction of sp³-hybridized carbons (Fsp3) is 0.429. The lowest BCUT2D eigenvalue weighted by molar-refractivity contribution is -0.138. The summed E-state index contributed by atoms with van der Waals surface area (Å²) in [7, 11) is 1.49. The number of carboxylic acids is 1. The molecule has 0 aromatic heterocycles. The molecule has 0 radical (unpaired) electrons. The van der Waals surface area contributed by atoms with Crippen molar-refractivity contribution in [2.75, 3.05) is 25.2 Å². The van der Waals surface area contributed by atoms with Crippen molar-refractivity contribution in [1.82, 2.24) is 4.90 Å². The monoisotopic (exact) mass is 329 g/mol. The zero-order valence-electron chi connectivity index (χ0n) is 11.5. The minimum absolute atomic E-state index is 0.0382. The fourth-order valence-corrected chi connectivity index (χ4v) is 3.51. The number of hydrogen-bond acceptors (Lipinski definition) is 4. The average molecular weight is 330 g/mol. The minimum atomic E-state index is -0.894. The van der Waals surface area contributed by atoms with Gasteiger partial charge in [0.2, 0.25) is 0 Å². The zero-order chi connectivity index (χ0) is 15.4. The highest BCUT2D eigenvalue weighted by molar-refractivity contribution is 7.99. The average Bonchev–Trinajstić information content (AvgIpc) is 2.47. The van der Waals surface area contributed by atoms with Crippen LogP contribution in [0.4, 0.5) is 0 Å². The zero-order valence-corrected chi connectivity index (χ0v) is 13.1. The molecule has 1 aliphatic heterocycles. The molecule has 0 saturated carbocycles. The highest BCUT2D eigenvalue weighted by atomic mass is 35.5. The first-order valence-electron chi connectivity index (χ1n) is 6.47. The van der Waals surface area contributed by atoms with Gasteiger partial charge in [-0.05, 0) is 18.2 Å². The van der Waals surface area contributed by atoms with E-state index in [1.807, 2.05) is 0 Å². The number of thioether (sulfide) groups is 1. The van der Waals surface area contributed by atoms with E-state index in [1.54, 1.807) is 34.9 Å². The summed E-state index contributed by atoms with van der Waals surface area (Å²) in [5.41, 5.74) is 0.457. The Hall–Kier alpha value is -1.40. The van der Waals surface area contributed by atoms with E-state index in [2.05, 4.69) is 0 Å². The van der Waals surface area contributed by atoms with E-state index < -0.39 is 5.97 Å². The van der Waals surface area contributed by atoms with E-state index in [1.165, 1.54) is 7.11 Å². The molecule has 0 unspecified atom stereocenters. The molecule has 2 rings (SSSR count). The molecular weight excluding hydrogens is 314 g/mol. The number of rotatable bonds is 4. The Labute approximate surface area is 132 Å². The van der Waals surface area contributed by atoms with Gasteiger partial charge in [0.15, 0.2) is 0 Å². The molecule has 1 fully saturated rings. The van der Waals surface area contributed by atoms with Gasteiger partial charge in [-0.25, -0.2) is 0 Å². The van der Waals surface area contributed by atoms with Crippen molar-refractivity contribution in [3.63, 3.8) is 0 Å². The molecule has 21 heavy (non-hydrogen) atoms. The Morgan fingerprint density at radius 3 is 2.95 bits per heavy atom. The van der Waals surface area contributed by atoms with Crippen LogP contribution in [-0.4, -0.2) is 53.1 Å². The van der Waals surface area contributed by atoms with Gasteiger partial charge in [0.05, 0.1) is 24.6 Å². The van der Waals surface area contributed by atoms with Crippen LogP contribution >= 0.6 is 23.4 Å². The topological polar surface area (TPSA) is 66.8 Å². The van der Waals surface area contributed by atoms with Crippen LogP contribution in [0.2, 0.25) is 5.02 Å². The molecule has 0 aliphatic carbocycles. The van der Waals surface area contributed by atoms with Crippen molar-refractivity contribution >= 4 is 35.2 Å². The quantitative estimate of drug-likeness (QED) is 0.918. The smallest absolute Gasteiger partial charge is 0.305 e. The largest absolute Gasteiger partial charge is 0.495 e. The molecule has 7 heteroatoms. The van der Waals surface area contributed by atoms with Gasteiger partial charge in [-0.3, -0.25) is 9.59 Å². The maximum absolute atomic E-state index is 12.6. The first kappa shape index (κ1) is 16.0. The highest BCUT2D eigenvalue weighted by Gasteiger charge is 2.29. The van der Waals surface area contributed by atoms with Crippen LogP contribution in [-0.2, 0) is 4.79 Å². The Balaban J connectivity index is 2.22. The summed E-state index contributed by atoms with van der Waals surface area (Å²) in [6, 6.07) is 4.55. The molecule has 1 heterocycles. The van der Waals surface area contributed by atoms with E-state index in [9.17, 15) is 9.59 Å². The maximum atomic E-state index is 12.6. The van der Waals surface area contributed by atoms with Gasteiger partial charge in [0, 0.05) is 23.6 Å². The van der Waals surface area contributed by atoms with Crippen LogP contribution < -0.4 is 4.74 Å². The summed E-state index contributed by atoms with van der Waals surface area (Å²) in [6.45, 7) is 0.548. The molecule has 1 aromatic rings. The van der Waals surface area contributed by atoms with E-state index in [0.29, 0.717) is 28.6 Å². The SMILES string of the molecule is COc1cc(C(=O)N2CCSC[C@@H]2CC(=O)O)ccc1Cl. The number of amides is 1. The molecule has 1 aliphatic rings. The first-order chi connectivity index (χ1) is 10.0. The Bertz CT molecular complexity index is 552. The summed E-state index contributed by atoms with van der Waals surface area (Å²) in [6.07, 6.45) is -0.0382. The number of nitrogens with zero attached hydrogens (tertiary/aromatic N) is 1. The van der Waals surface area contributed by atoms with Crippen LogP contribution in [0.25, 0.3) is 0 Å². The van der Waals surface area contributed by atoms with E-state index in [4.69, 9.17) is 21.4 Å². The van der Waals surface area contributed by atoms with Gasteiger partial charge < -0.3 is 14.7 Å². The summed E-state index contributed by atoms with van der Waals surface area (Å²) in [5.74, 6) is 0.809. The molecule has 114 valence electrons. The van der Waals surface area contributed by atoms with Gasteiger partial charge in [-0.15, -0.1) is 0 Å². The summed E-state index contributed by atoms with van der Waals surface area (Å²) in [5, 5.41) is 9.41. The number of carbonyl (C=O) groups is 2. The summed E-state index contributed by atoms with van der Waals surface area (Å²) in [4.78, 5) is 25.2. The number of methoxy groups -OCH3 is 1. The molecule has 1 aromatic carbocycles. The number of aliphatic carboxylic acids is 1. The third-order valence-electron chi connectivity index (χ3n) is 3.30. The molecule has 1 N–H and O–H groups in total. The van der Waals surface area contributed by atoms with Gasteiger partial charge in [-0.1, -0.05) is 11.6 Å². The highest BCUT2D eigenvalue weighted by Crippen LogP contribution is 2.27. The molecule has 1 atom stereocenters. The fourth-order valence-electron chi connectivity index (χ4n) is 2.25. The molecule has 1 amide bonds. The number of ether oxygens (including phenoxy) is 1. The lowest BCUT2D eigenvalue weighted by atomic mass is 10.1. The van der Waals surface area contributed by atoms with Gasteiger partial charge in [0.25, 0.3) is 5.91 Å². The van der Waals surface area contributed by atoms with E-state index in [-0.39, 0.29) is 18.4 Å². The van der Waals surface area contributed by atoms with Crippen LogP contribution in [0.3, 0.4) is 0 Å². The Morgan fingerprint density at radius 2 is 2.29 bits per heavy atom. The second kappa shape index (κ2) is 7.04. The van der Waals surface area contributed by atoms with Crippen LogP contribution in [0.1, 0.15) is 16.8 Å².